The fourth-order valence-corrected chi connectivity index (χ4v) is 2.60. The maximum absolute atomic E-state index is 5.31. The first kappa shape index (κ1) is 14.1. The third-order valence-corrected chi connectivity index (χ3v) is 3.39. The van der Waals surface area contributed by atoms with Crippen molar-refractivity contribution in [3.63, 3.8) is 0 Å². The molecule has 1 unspecified atom stereocenters. The molecule has 5 nitrogen and oxygen atoms in total. The molecule has 0 aliphatic rings. The summed E-state index contributed by atoms with van der Waals surface area (Å²) in [6, 6.07) is 0.383. The first-order chi connectivity index (χ1) is 9.19. The molecule has 2 rings (SSSR count). The summed E-state index contributed by atoms with van der Waals surface area (Å²) in [4.78, 5) is 8.59. The molecule has 0 amide bonds. The van der Waals surface area contributed by atoms with E-state index in [4.69, 9.17) is 4.52 Å². The molecule has 2 aromatic rings. The third-order valence-electron chi connectivity index (χ3n) is 2.80. The Bertz CT molecular complexity index is 481. The highest BCUT2D eigenvalue weighted by molar-refractivity contribution is 7.07. The number of hydrogen-bond donors (Lipinski definition) is 1. The lowest BCUT2D eigenvalue weighted by Gasteiger charge is -2.17. The molecule has 0 aliphatic heterocycles. The zero-order valence-corrected chi connectivity index (χ0v) is 12.4. The molecule has 0 aliphatic carbocycles. The molecule has 0 aromatic carbocycles. The summed E-state index contributed by atoms with van der Waals surface area (Å²) in [7, 11) is 0. The molecule has 19 heavy (non-hydrogen) atoms. The highest BCUT2D eigenvalue weighted by Crippen LogP contribution is 2.17. The Labute approximate surface area is 117 Å². The van der Waals surface area contributed by atoms with Crippen molar-refractivity contribution >= 4 is 11.3 Å². The number of thiazole rings is 1. The van der Waals surface area contributed by atoms with Gasteiger partial charge in [0.2, 0.25) is 11.7 Å². The summed E-state index contributed by atoms with van der Waals surface area (Å²) in [5.41, 5.74) is 2.55. The lowest BCUT2D eigenvalue weighted by atomic mass is 10.0. The van der Waals surface area contributed by atoms with Gasteiger partial charge in [-0.05, 0) is 18.9 Å². The van der Waals surface area contributed by atoms with E-state index in [0.717, 1.165) is 25.1 Å². The van der Waals surface area contributed by atoms with Crippen LogP contribution in [0.4, 0.5) is 0 Å². The Kier molecular flexibility index (Phi) is 5.04. The van der Waals surface area contributed by atoms with Gasteiger partial charge in [0.15, 0.2) is 0 Å². The van der Waals surface area contributed by atoms with Crippen LogP contribution in [0.5, 0.6) is 0 Å². The first-order valence-corrected chi connectivity index (χ1v) is 7.57. The molecule has 1 N–H and O–H groups in total. The summed E-state index contributed by atoms with van der Waals surface area (Å²) in [5, 5.41) is 9.37. The van der Waals surface area contributed by atoms with E-state index in [9.17, 15) is 0 Å². The van der Waals surface area contributed by atoms with Crippen molar-refractivity contribution in [2.75, 3.05) is 6.54 Å². The van der Waals surface area contributed by atoms with E-state index in [1.54, 1.807) is 5.51 Å². The molecule has 104 valence electrons. The Morgan fingerprint density at radius 2 is 2.26 bits per heavy atom. The maximum atomic E-state index is 5.31. The van der Waals surface area contributed by atoms with E-state index in [1.807, 2.05) is 5.38 Å². The second-order valence-corrected chi connectivity index (χ2v) is 5.69. The Balaban J connectivity index is 2.01. The standard InChI is InChI=1S/C13H20N4OS/c1-4-14-10(5-9(2)3)6-12-16-13(17-18-12)11-7-19-8-15-11/h7-10,14H,4-6H2,1-3H3. The van der Waals surface area contributed by atoms with E-state index in [1.165, 1.54) is 11.3 Å². The van der Waals surface area contributed by atoms with Crippen LogP contribution in [-0.2, 0) is 6.42 Å². The van der Waals surface area contributed by atoms with Crippen molar-refractivity contribution < 1.29 is 4.52 Å². The smallest absolute Gasteiger partial charge is 0.228 e. The van der Waals surface area contributed by atoms with Crippen LogP contribution in [0.3, 0.4) is 0 Å². The molecule has 2 aromatic heterocycles. The largest absolute Gasteiger partial charge is 0.339 e. The second-order valence-electron chi connectivity index (χ2n) is 4.97. The Morgan fingerprint density at radius 3 is 2.89 bits per heavy atom. The summed E-state index contributed by atoms with van der Waals surface area (Å²) in [6.07, 6.45) is 1.87. The summed E-state index contributed by atoms with van der Waals surface area (Å²) < 4.78 is 5.31. The predicted octanol–water partition coefficient (Wildman–Crippen LogP) is 2.76. The van der Waals surface area contributed by atoms with E-state index in [0.29, 0.717) is 23.7 Å². The van der Waals surface area contributed by atoms with Crippen molar-refractivity contribution in [1.29, 1.82) is 0 Å². The highest BCUT2D eigenvalue weighted by Gasteiger charge is 2.16. The summed E-state index contributed by atoms with van der Waals surface area (Å²) in [5.74, 6) is 1.90. The number of nitrogens with one attached hydrogen (secondary N) is 1. The molecule has 0 radical (unpaired) electrons. The molecule has 0 spiro atoms. The minimum Gasteiger partial charge on any atom is -0.339 e. The quantitative estimate of drug-likeness (QED) is 0.845. The topological polar surface area (TPSA) is 63.8 Å². The first-order valence-electron chi connectivity index (χ1n) is 6.63. The van der Waals surface area contributed by atoms with Gasteiger partial charge in [-0.25, -0.2) is 4.98 Å². The average Bonchev–Trinajstić information content (AvgIpc) is 2.97. The number of hydrogen-bond acceptors (Lipinski definition) is 6. The van der Waals surface area contributed by atoms with Gasteiger partial charge in [0.1, 0.15) is 5.69 Å². The minimum absolute atomic E-state index is 0.383. The summed E-state index contributed by atoms with van der Waals surface area (Å²) in [6.45, 7) is 7.50. The molecular formula is C13H20N4OS. The molecule has 1 atom stereocenters. The van der Waals surface area contributed by atoms with Gasteiger partial charge in [0.25, 0.3) is 0 Å². The van der Waals surface area contributed by atoms with Crippen LogP contribution in [-0.4, -0.2) is 27.7 Å². The van der Waals surface area contributed by atoms with Gasteiger partial charge in [0, 0.05) is 17.8 Å². The third kappa shape index (κ3) is 4.11. The van der Waals surface area contributed by atoms with Crippen molar-refractivity contribution in [2.24, 2.45) is 5.92 Å². The van der Waals surface area contributed by atoms with Gasteiger partial charge >= 0.3 is 0 Å². The van der Waals surface area contributed by atoms with Gasteiger partial charge in [-0.2, -0.15) is 4.98 Å². The van der Waals surface area contributed by atoms with E-state index in [-0.39, 0.29) is 0 Å². The monoisotopic (exact) mass is 280 g/mol. The van der Waals surface area contributed by atoms with Crippen molar-refractivity contribution in [1.82, 2.24) is 20.4 Å². The molecule has 2 heterocycles. The van der Waals surface area contributed by atoms with Crippen LogP contribution in [0.1, 0.15) is 33.1 Å². The normalized spacial score (nSPS) is 13.1. The van der Waals surface area contributed by atoms with Gasteiger partial charge in [0.05, 0.1) is 5.51 Å². The fourth-order valence-electron chi connectivity index (χ4n) is 2.07. The van der Waals surface area contributed by atoms with Crippen molar-refractivity contribution in [3.05, 3.63) is 16.8 Å². The molecular weight excluding hydrogens is 260 g/mol. The van der Waals surface area contributed by atoms with E-state index >= 15 is 0 Å². The van der Waals surface area contributed by atoms with E-state index < -0.39 is 0 Å². The number of nitrogens with zero attached hydrogens (tertiary/aromatic N) is 3. The summed E-state index contributed by atoms with van der Waals surface area (Å²) >= 11 is 1.53. The average molecular weight is 280 g/mol. The SMILES string of the molecule is CCNC(Cc1nc(-c2cscn2)no1)CC(C)C. The minimum atomic E-state index is 0.383. The van der Waals surface area contributed by atoms with Crippen LogP contribution >= 0.6 is 11.3 Å². The highest BCUT2D eigenvalue weighted by atomic mass is 32.1. The van der Waals surface area contributed by atoms with Crippen LogP contribution in [0.15, 0.2) is 15.4 Å². The molecule has 0 fully saturated rings. The lowest BCUT2D eigenvalue weighted by molar-refractivity contribution is 0.340. The van der Waals surface area contributed by atoms with Crippen LogP contribution in [0.25, 0.3) is 11.5 Å². The van der Waals surface area contributed by atoms with Crippen molar-refractivity contribution in [2.45, 2.75) is 39.7 Å². The second kappa shape index (κ2) is 6.77. The van der Waals surface area contributed by atoms with Gasteiger partial charge in [-0.15, -0.1) is 11.3 Å². The van der Waals surface area contributed by atoms with Crippen LogP contribution in [0, 0.1) is 5.92 Å². The molecule has 0 saturated heterocycles. The Hall–Kier alpha value is -1.27. The van der Waals surface area contributed by atoms with Gasteiger partial charge in [-0.3, -0.25) is 0 Å². The van der Waals surface area contributed by atoms with Gasteiger partial charge in [-0.1, -0.05) is 25.9 Å². The zero-order chi connectivity index (χ0) is 13.7. The molecule has 0 bridgehead atoms. The van der Waals surface area contributed by atoms with E-state index in [2.05, 4.69) is 41.2 Å². The molecule has 6 heteroatoms. The van der Waals surface area contributed by atoms with Gasteiger partial charge < -0.3 is 9.84 Å². The zero-order valence-electron chi connectivity index (χ0n) is 11.6. The van der Waals surface area contributed by atoms with Crippen molar-refractivity contribution in [3.8, 4) is 11.5 Å². The lowest BCUT2D eigenvalue weighted by Crippen LogP contribution is -2.32. The fraction of sp³-hybridized carbons (Fsp3) is 0.615. The Morgan fingerprint density at radius 1 is 1.42 bits per heavy atom. The maximum Gasteiger partial charge on any atom is 0.228 e. The number of aromatic nitrogens is 3. The van der Waals surface area contributed by atoms with Crippen LogP contribution in [0.2, 0.25) is 0 Å². The van der Waals surface area contributed by atoms with Crippen LogP contribution < -0.4 is 5.32 Å². The number of rotatable bonds is 7. The molecule has 0 saturated carbocycles. The predicted molar refractivity (Wildman–Crippen MR) is 76.0 cm³/mol. The number of likely N-dealkylation sites (N-methyl/N-ethyl adjacent to an activating group) is 1.